The van der Waals surface area contributed by atoms with Gasteiger partial charge in [0.05, 0.1) is 6.33 Å². The molecule has 1 aromatic heterocycles. The number of nitrogens with one attached hydrogen (secondary N) is 2. The lowest BCUT2D eigenvalue weighted by Gasteiger charge is -2.13. The Hall–Kier alpha value is -1.57. The maximum Gasteiger partial charge on any atom is 0.191 e. The Bertz CT molecular complexity index is 660. The molecule has 0 amide bonds. The summed E-state index contributed by atoms with van der Waals surface area (Å²) in [6.07, 6.45) is 14.0. The van der Waals surface area contributed by atoms with Crippen LogP contribution in [0.15, 0.2) is 48.0 Å². The van der Waals surface area contributed by atoms with E-state index in [2.05, 4.69) is 49.4 Å². The quantitative estimate of drug-likeness (QED) is 0.258. The van der Waals surface area contributed by atoms with Crippen LogP contribution in [0.25, 0.3) is 0 Å². The molecule has 6 heteroatoms. The fraction of sp³-hybridized carbons (Fsp3) is 0.524. The Morgan fingerprint density at radius 3 is 2.56 bits per heavy atom. The van der Waals surface area contributed by atoms with Gasteiger partial charge in [0.2, 0.25) is 0 Å². The maximum atomic E-state index is 4.32. The highest BCUT2D eigenvalue weighted by atomic mass is 127. The van der Waals surface area contributed by atoms with Gasteiger partial charge in [-0.3, -0.25) is 4.99 Å². The molecule has 0 saturated heterocycles. The normalized spacial score (nSPS) is 14.8. The first-order valence-electron chi connectivity index (χ1n) is 9.81. The smallest absolute Gasteiger partial charge is 0.191 e. The molecular weight excluding hydrogens is 449 g/mol. The average Bonchev–Trinajstić information content (AvgIpc) is 3.36. The van der Waals surface area contributed by atoms with E-state index in [4.69, 9.17) is 0 Å². The van der Waals surface area contributed by atoms with Gasteiger partial charge in [-0.25, -0.2) is 4.98 Å². The molecule has 1 aromatic carbocycles. The number of rotatable bonds is 8. The summed E-state index contributed by atoms with van der Waals surface area (Å²) in [7, 11) is 1.83. The van der Waals surface area contributed by atoms with Gasteiger partial charge in [-0.1, -0.05) is 49.9 Å². The van der Waals surface area contributed by atoms with Crippen LogP contribution < -0.4 is 10.6 Å². The van der Waals surface area contributed by atoms with Gasteiger partial charge in [-0.05, 0) is 29.9 Å². The average molecular weight is 481 g/mol. The van der Waals surface area contributed by atoms with Gasteiger partial charge in [0.1, 0.15) is 0 Å². The SMILES string of the molecule is CN=C(NCCCC1CCCC1)NCc1ccc(Cn2ccnc2)cc1.I. The van der Waals surface area contributed by atoms with Crippen molar-refractivity contribution < 1.29 is 0 Å². The first-order valence-corrected chi connectivity index (χ1v) is 9.81. The van der Waals surface area contributed by atoms with E-state index in [9.17, 15) is 0 Å². The van der Waals surface area contributed by atoms with Gasteiger partial charge < -0.3 is 15.2 Å². The summed E-state index contributed by atoms with van der Waals surface area (Å²) < 4.78 is 2.07. The van der Waals surface area contributed by atoms with Crippen LogP contribution >= 0.6 is 24.0 Å². The molecule has 0 atom stereocenters. The zero-order valence-electron chi connectivity index (χ0n) is 16.2. The predicted molar refractivity (Wildman–Crippen MR) is 123 cm³/mol. The minimum Gasteiger partial charge on any atom is -0.356 e. The Morgan fingerprint density at radius 1 is 1.15 bits per heavy atom. The fourth-order valence-corrected chi connectivity index (χ4v) is 3.66. The first-order chi connectivity index (χ1) is 12.8. The fourth-order valence-electron chi connectivity index (χ4n) is 3.66. The van der Waals surface area contributed by atoms with E-state index < -0.39 is 0 Å². The van der Waals surface area contributed by atoms with Crippen molar-refractivity contribution >= 4 is 29.9 Å². The van der Waals surface area contributed by atoms with Crippen molar-refractivity contribution in [3.8, 4) is 0 Å². The van der Waals surface area contributed by atoms with Gasteiger partial charge in [0.15, 0.2) is 5.96 Å². The largest absolute Gasteiger partial charge is 0.356 e. The second-order valence-corrected chi connectivity index (χ2v) is 7.20. The molecule has 27 heavy (non-hydrogen) atoms. The topological polar surface area (TPSA) is 54.2 Å². The maximum absolute atomic E-state index is 4.32. The highest BCUT2D eigenvalue weighted by molar-refractivity contribution is 14.0. The Labute approximate surface area is 180 Å². The van der Waals surface area contributed by atoms with Crippen LogP contribution in [0.2, 0.25) is 0 Å². The molecular formula is C21H32IN5. The van der Waals surface area contributed by atoms with Crippen molar-refractivity contribution in [1.82, 2.24) is 20.2 Å². The number of halogens is 1. The van der Waals surface area contributed by atoms with Crippen LogP contribution in [0, 0.1) is 5.92 Å². The minimum absolute atomic E-state index is 0. The summed E-state index contributed by atoms with van der Waals surface area (Å²) in [5, 5.41) is 6.84. The minimum atomic E-state index is 0. The van der Waals surface area contributed by atoms with Crippen LogP contribution in [0.4, 0.5) is 0 Å². The number of guanidine groups is 1. The van der Waals surface area contributed by atoms with Crippen LogP contribution in [0.5, 0.6) is 0 Å². The Morgan fingerprint density at radius 2 is 1.89 bits per heavy atom. The summed E-state index contributed by atoms with van der Waals surface area (Å²) in [5.74, 6) is 1.85. The predicted octanol–water partition coefficient (Wildman–Crippen LogP) is 4.18. The van der Waals surface area contributed by atoms with E-state index in [1.165, 1.54) is 49.7 Å². The molecule has 0 spiro atoms. The van der Waals surface area contributed by atoms with Gasteiger partial charge in [-0.2, -0.15) is 0 Å². The van der Waals surface area contributed by atoms with Crippen LogP contribution in [0.3, 0.4) is 0 Å². The summed E-state index contributed by atoms with van der Waals surface area (Å²) in [6.45, 7) is 2.64. The second-order valence-electron chi connectivity index (χ2n) is 7.20. The zero-order valence-corrected chi connectivity index (χ0v) is 18.6. The van der Waals surface area contributed by atoms with E-state index in [0.29, 0.717) is 0 Å². The molecule has 1 aliphatic carbocycles. The van der Waals surface area contributed by atoms with E-state index >= 15 is 0 Å². The van der Waals surface area contributed by atoms with Crippen LogP contribution in [-0.4, -0.2) is 29.1 Å². The number of imidazole rings is 1. The van der Waals surface area contributed by atoms with E-state index in [-0.39, 0.29) is 24.0 Å². The summed E-state index contributed by atoms with van der Waals surface area (Å²) >= 11 is 0. The van der Waals surface area contributed by atoms with Crippen LogP contribution in [-0.2, 0) is 13.1 Å². The lowest BCUT2D eigenvalue weighted by atomic mass is 10.0. The zero-order chi connectivity index (χ0) is 18.0. The summed E-state index contributed by atoms with van der Waals surface area (Å²) in [5.41, 5.74) is 2.54. The number of aliphatic imine (C=N–C) groups is 1. The Balaban J connectivity index is 0.00000261. The molecule has 0 unspecified atom stereocenters. The number of nitrogens with zero attached hydrogens (tertiary/aromatic N) is 3. The van der Waals surface area contributed by atoms with Gasteiger partial charge >= 0.3 is 0 Å². The van der Waals surface area contributed by atoms with Gasteiger partial charge in [0, 0.05) is 39.1 Å². The van der Waals surface area contributed by atoms with Gasteiger partial charge in [0.25, 0.3) is 0 Å². The van der Waals surface area contributed by atoms with E-state index in [1.807, 2.05) is 25.8 Å². The molecule has 0 radical (unpaired) electrons. The third-order valence-electron chi connectivity index (χ3n) is 5.19. The van der Waals surface area contributed by atoms with Crippen molar-refractivity contribution in [3.63, 3.8) is 0 Å². The highest BCUT2D eigenvalue weighted by Crippen LogP contribution is 2.28. The van der Waals surface area contributed by atoms with Crippen molar-refractivity contribution in [2.45, 2.75) is 51.6 Å². The lowest BCUT2D eigenvalue weighted by Crippen LogP contribution is -2.37. The molecule has 2 N–H and O–H groups in total. The molecule has 2 aromatic rings. The van der Waals surface area contributed by atoms with Gasteiger partial charge in [-0.15, -0.1) is 24.0 Å². The third kappa shape index (κ3) is 7.52. The number of hydrogen-bond donors (Lipinski definition) is 2. The standard InChI is InChI=1S/C21H31N5.HI/c1-22-21(24-12-4-7-18-5-2-3-6-18)25-15-19-8-10-20(11-9-19)16-26-14-13-23-17-26;/h8-11,13-14,17-18H,2-7,12,15-16H2,1H3,(H2,22,24,25);1H. The number of hydrogen-bond acceptors (Lipinski definition) is 2. The molecule has 5 nitrogen and oxygen atoms in total. The molecule has 1 heterocycles. The first kappa shape index (κ1) is 21.7. The highest BCUT2D eigenvalue weighted by Gasteiger charge is 2.13. The van der Waals surface area contributed by atoms with Crippen molar-refractivity contribution in [3.05, 3.63) is 54.1 Å². The lowest BCUT2D eigenvalue weighted by molar-refractivity contribution is 0.481. The molecule has 1 fully saturated rings. The van der Waals surface area contributed by atoms with Crippen molar-refractivity contribution in [1.29, 1.82) is 0 Å². The molecule has 0 bridgehead atoms. The van der Waals surface area contributed by atoms with Crippen LogP contribution in [0.1, 0.15) is 49.7 Å². The second kappa shape index (κ2) is 12.0. The monoisotopic (exact) mass is 481 g/mol. The summed E-state index contributed by atoms with van der Waals surface area (Å²) in [6, 6.07) is 8.70. The third-order valence-corrected chi connectivity index (χ3v) is 5.19. The molecule has 0 aliphatic heterocycles. The van der Waals surface area contributed by atoms with E-state index in [0.717, 1.165) is 31.5 Å². The summed E-state index contributed by atoms with van der Waals surface area (Å²) in [4.78, 5) is 8.40. The molecule has 148 valence electrons. The molecule has 3 rings (SSSR count). The number of benzene rings is 1. The van der Waals surface area contributed by atoms with Crippen molar-refractivity contribution in [2.75, 3.05) is 13.6 Å². The van der Waals surface area contributed by atoms with E-state index in [1.54, 1.807) is 0 Å². The molecule has 1 saturated carbocycles. The Kier molecular flexibility index (Phi) is 9.66. The molecule has 1 aliphatic rings. The number of aromatic nitrogens is 2. The van der Waals surface area contributed by atoms with Crippen molar-refractivity contribution in [2.24, 2.45) is 10.9 Å².